The van der Waals surface area contributed by atoms with Crippen LogP contribution in [0.3, 0.4) is 0 Å². The number of hydrogen-bond acceptors (Lipinski definition) is 6. The molecule has 3 aromatic carbocycles. The number of benzene rings is 3. The molecular formula is C28H32N2O4. The van der Waals surface area contributed by atoms with Gasteiger partial charge < -0.3 is 30.4 Å². The van der Waals surface area contributed by atoms with Crippen molar-refractivity contribution in [3.63, 3.8) is 0 Å². The number of ether oxygens (including phenoxy) is 4. The van der Waals surface area contributed by atoms with E-state index in [2.05, 4.69) is 38.1 Å². The average Bonchev–Trinajstić information content (AvgIpc) is 3.75. The fraction of sp³-hybridized carbons (Fsp3) is 0.357. The van der Waals surface area contributed by atoms with Crippen molar-refractivity contribution in [1.29, 1.82) is 0 Å². The lowest BCUT2D eigenvalue weighted by molar-refractivity contribution is 0.261. The lowest BCUT2D eigenvalue weighted by Gasteiger charge is -2.17. The molecule has 3 aromatic rings. The van der Waals surface area contributed by atoms with E-state index in [0.717, 1.165) is 71.2 Å². The molecule has 6 nitrogen and oxygen atoms in total. The van der Waals surface area contributed by atoms with E-state index in [0.29, 0.717) is 13.2 Å². The van der Waals surface area contributed by atoms with Crippen molar-refractivity contribution >= 4 is 11.4 Å². The third kappa shape index (κ3) is 5.29. The van der Waals surface area contributed by atoms with Crippen molar-refractivity contribution < 1.29 is 18.9 Å². The van der Waals surface area contributed by atoms with Crippen molar-refractivity contribution in [2.75, 3.05) is 37.9 Å². The highest BCUT2D eigenvalue weighted by Crippen LogP contribution is 2.32. The summed E-state index contributed by atoms with van der Waals surface area (Å²) in [7, 11) is 0. The second-order valence-electron chi connectivity index (χ2n) is 9.22. The highest BCUT2D eigenvalue weighted by atomic mass is 16.6. The Hall–Kier alpha value is -3.22. The number of rotatable bonds is 10. The Bertz CT molecular complexity index is 1080. The van der Waals surface area contributed by atoms with E-state index in [9.17, 15) is 0 Å². The molecule has 2 saturated heterocycles. The smallest absolute Gasteiger partial charge is 0.123 e. The first-order valence-electron chi connectivity index (χ1n) is 11.8. The topological polar surface area (TPSA) is 95.6 Å². The predicted octanol–water partition coefficient (Wildman–Crippen LogP) is 4.20. The molecule has 2 aliphatic heterocycles. The van der Waals surface area contributed by atoms with Gasteiger partial charge in [-0.25, -0.2) is 0 Å². The lowest BCUT2D eigenvalue weighted by Crippen LogP contribution is -2.08. The van der Waals surface area contributed by atoms with E-state index in [1.165, 1.54) is 11.1 Å². The van der Waals surface area contributed by atoms with Crippen LogP contribution in [0.1, 0.15) is 33.4 Å². The minimum Gasteiger partial charge on any atom is -0.490 e. The van der Waals surface area contributed by atoms with E-state index in [1.54, 1.807) is 0 Å². The van der Waals surface area contributed by atoms with Gasteiger partial charge in [-0.15, -0.1) is 0 Å². The number of hydrogen-bond donors (Lipinski definition) is 2. The molecule has 2 fully saturated rings. The van der Waals surface area contributed by atoms with Crippen LogP contribution < -0.4 is 20.9 Å². The van der Waals surface area contributed by atoms with Gasteiger partial charge in [-0.1, -0.05) is 24.3 Å². The molecule has 178 valence electrons. The summed E-state index contributed by atoms with van der Waals surface area (Å²) in [5, 5.41) is 0. The third-order valence-corrected chi connectivity index (χ3v) is 6.63. The average molecular weight is 461 g/mol. The Labute approximate surface area is 200 Å². The van der Waals surface area contributed by atoms with Crippen LogP contribution in [0.4, 0.5) is 11.4 Å². The van der Waals surface area contributed by atoms with Crippen molar-refractivity contribution in [3.8, 4) is 11.5 Å². The molecule has 34 heavy (non-hydrogen) atoms. The van der Waals surface area contributed by atoms with Crippen molar-refractivity contribution in [1.82, 2.24) is 0 Å². The molecule has 5 rings (SSSR count). The monoisotopic (exact) mass is 460 g/mol. The maximum Gasteiger partial charge on any atom is 0.123 e. The molecule has 4 N–H and O–H groups in total. The highest BCUT2D eigenvalue weighted by Gasteiger charge is 2.25. The molecule has 2 atom stereocenters. The molecule has 0 radical (unpaired) electrons. The predicted molar refractivity (Wildman–Crippen MR) is 134 cm³/mol. The van der Waals surface area contributed by atoms with Crippen LogP contribution >= 0.6 is 0 Å². The van der Waals surface area contributed by atoms with Gasteiger partial charge in [-0.3, -0.25) is 0 Å². The van der Waals surface area contributed by atoms with Crippen molar-refractivity contribution in [3.05, 3.63) is 81.9 Å². The summed E-state index contributed by atoms with van der Waals surface area (Å²) in [5.41, 5.74) is 20.7. The molecular weight excluding hydrogens is 428 g/mol. The normalized spacial score (nSPS) is 18.5. The van der Waals surface area contributed by atoms with Crippen LogP contribution in [0, 0.1) is 13.8 Å². The number of nitrogens with two attached hydrogens (primary N) is 2. The Morgan fingerprint density at radius 1 is 0.676 bits per heavy atom. The Morgan fingerprint density at radius 3 is 1.41 bits per heavy atom. The van der Waals surface area contributed by atoms with Crippen LogP contribution in [-0.2, 0) is 22.3 Å². The largest absolute Gasteiger partial charge is 0.490 e. The second kappa shape index (κ2) is 9.57. The van der Waals surface area contributed by atoms with Gasteiger partial charge in [-0.05, 0) is 60.4 Å². The minimum absolute atomic E-state index is 0.214. The molecule has 2 heterocycles. The molecule has 0 aliphatic carbocycles. The summed E-state index contributed by atoms with van der Waals surface area (Å²) in [6.07, 6.45) is 1.94. The first-order valence-corrected chi connectivity index (χ1v) is 11.8. The maximum atomic E-state index is 6.20. The zero-order chi connectivity index (χ0) is 23.7. The molecule has 0 saturated carbocycles. The van der Waals surface area contributed by atoms with Crippen LogP contribution in [0.2, 0.25) is 0 Å². The van der Waals surface area contributed by atoms with Gasteiger partial charge in [0.15, 0.2) is 0 Å². The second-order valence-corrected chi connectivity index (χ2v) is 9.22. The molecule has 6 heteroatoms. The Kier molecular flexibility index (Phi) is 6.35. The van der Waals surface area contributed by atoms with Crippen molar-refractivity contribution in [2.45, 2.75) is 38.9 Å². The Balaban J connectivity index is 1.32. The number of anilines is 2. The summed E-state index contributed by atoms with van der Waals surface area (Å²) < 4.78 is 22.6. The van der Waals surface area contributed by atoms with E-state index in [1.807, 2.05) is 24.3 Å². The first-order chi connectivity index (χ1) is 16.5. The fourth-order valence-corrected chi connectivity index (χ4v) is 4.09. The molecule has 0 bridgehead atoms. The van der Waals surface area contributed by atoms with E-state index in [4.69, 9.17) is 30.4 Å². The van der Waals surface area contributed by atoms with E-state index in [-0.39, 0.29) is 12.2 Å². The maximum absolute atomic E-state index is 6.20. The summed E-state index contributed by atoms with van der Waals surface area (Å²) in [6, 6.07) is 16.4. The van der Waals surface area contributed by atoms with Gasteiger partial charge >= 0.3 is 0 Å². The zero-order valence-corrected chi connectivity index (χ0v) is 19.8. The third-order valence-electron chi connectivity index (χ3n) is 6.63. The number of epoxide rings is 2. The van der Waals surface area contributed by atoms with Gasteiger partial charge in [0.25, 0.3) is 0 Å². The van der Waals surface area contributed by atoms with Gasteiger partial charge in [-0.2, -0.15) is 0 Å². The van der Waals surface area contributed by atoms with Crippen LogP contribution in [0.5, 0.6) is 11.5 Å². The quantitative estimate of drug-likeness (QED) is 0.348. The van der Waals surface area contributed by atoms with Gasteiger partial charge in [0.1, 0.15) is 36.9 Å². The van der Waals surface area contributed by atoms with Gasteiger partial charge in [0, 0.05) is 35.3 Å². The standard InChI is InChI=1S/C28H32N2O4/c1-17-23(27(9-7-25(17)29)33-15-21-13-31-21)11-19-3-5-20(6-4-19)12-24-18(2)26(30)8-10-28(24)34-16-22-14-32-22/h3-10,21-22H,11-16,29-30H2,1-2H3. The summed E-state index contributed by atoms with van der Waals surface area (Å²) >= 11 is 0. The van der Waals surface area contributed by atoms with Crippen LogP contribution in [-0.4, -0.2) is 38.6 Å². The van der Waals surface area contributed by atoms with E-state index < -0.39 is 0 Å². The van der Waals surface area contributed by atoms with Crippen LogP contribution in [0.25, 0.3) is 0 Å². The van der Waals surface area contributed by atoms with Gasteiger partial charge in [0.2, 0.25) is 0 Å². The molecule has 0 amide bonds. The highest BCUT2D eigenvalue weighted by molar-refractivity contribution is 5.58. The summed E-state index contributed by atoms with van der Waals surface area (Å²) in [4.78, 5) is 0. The minimum atomic E-state index is 0.214. The first kappa shape index (κ1) is 22.6. The van der Waals surface area contributed by atoms with E-state index >= 15 is 0 Å². The molecule has 2 unspecified atom stereocenters. The Morgan fingerprint density at radius 2 is 1.06 bits per heavy atom. The summed E-state index contributed by atoms with van der Waals surface area (Å²) in [6.45, 7) is 6.81. The molecule has 0 aromatic heterocycles. The fourth-order valence-electron chi connectivity index (χ4n) is 4.09. The SMILES string of the molecule is Cc1c(N)ccc(OCC2CO2)c1Cc1ccc(Cc2c(OCC3CO3)ccc(N)c2C)cc1. The molecule has 2 aliphatic rings. The van der Waals surface area contributed by atoms with Crippen molar-refractivity contribution in [2.24, 2.45) is 0 Å². The lowest BCUT2D eigenvalue weighted by atomic mass is 9.95. The van der Waals surface area contributed by atoms with Crippen LogP contribution in [0.15, 0.2) is 48.5 Å². The zero-order valence-electron chi connectivity index (χ0n) is 19.8. The summed E-state index contributed by atoms with van der Waals surface area (Å²) in [5.74, 6) is 1.76. The number of nitrogen functional groups attached to an aromatic ring is 2. The molecule has 0 spiro atoms. The van der Waals surface area contributed by atoms with Gasteiger partial charge in [0.05, 0.1) is 13.2 Å².